The van der Waals surface area contributed by atoms with E-state index in [1.54, 1.807) is 0 Å². The third-order valence-corrected chi connectivity index (χ3v) is 4.24. The first-order valence-electron chi connectivity index (χ1n) is 6.36. The summed E-state index contributed by atoms with van der Waals surface area (Å²) in [6.07, 6.45) is 1.18. The molecule has 1 heterocycles. The van der Waals surface area contributed by atoms with E-state index in [-0.39, 0.29) is 10.3 Å². The van der Waals surface area contributed by atoms with E-state index in [9.17, 15) is 8.42 Å². The van der Waals surface area contributed by atoms with Crippen molar-refractivity contribution in [3.05, 3.63) is 48.2 Å². The second-order valence-electron chi connectivity index (χ2n) is 5.62. The van der Waals surface area contributed by atoms with Crippen LogP contribution in [0, 0.1) is 0 Å². The molecule has 4 nitrogen and oxygen atoms in total. The van der Waals surface area contributed by atoms with E-state index in [0.717, 1.165) is 5.56 Å². The van der Waals surface area contributed by atoms with Crippen molar-refractivity contribution in [2.45, 2.75) is 31.1 Å². The van der Waals surface area contributed by atoms with Crippen LogP contribution in [0.3, 0.4) is 0 Å². The number of hydrogen-bond donors (Lipinski definition) is 0. The Hall–Kier alpha value is -1.59. The second-order valence-corrected chi connectivity index (χ2v) is 8.18. The standard InChI is InChI=1S/C15H16ClNO3S/c1-15(2,3)12-6-4-5-7-13(12)20-14-9-8-11(10-17-14)21(16,18)19/h4-10H,1-3H3. The Morgan fingerprint density at radius 1 is 1.10 bits per heavy atom. The fraction of sp³-hybridized carbons (Fsp3) is 0.267. The number of aromatic nitrogens is 1. The van der Waals surface area contributed by atoms with E-state index in [2.05, 4.69) is 25.8 Å². The van der Waals surface area contributed by atoms with Gasteiger partial charge in [-0.2, -0.15) is 0 Å². The Kier molecular flexibility index (Phi) is 4.25. The summed E-state index contributed by atoms with van der Waals surface area (Å²) in [4.78, 5) is 3.92. The summed E-state index contributed by atoms with van der Waals surface area (Å²) in [6.45, 7) is 6.27. The fourth-order valence-corrected chi connectivity index (χ4v) is 2.54. The van der Waals surface area contributed by atoms with Gasteiger partial charge in [0.2, 0.25) is 5.88 Å². The van der Waals surface area contributed by atoms with Crippen molar-refractivity contribution in [1.29, 1.82) is 0 Å². The van der Waals surface area contributed by atoms with Crippen molar-refractivity contribution in [3.8, 4) is 11.6 Å². The largest absolute Gasteiger partial charge is 0.439 e. The molecule has 0 fully saturated rings. The monoisotopic (exact) mass is 325 g/mol. The molecule has 0 saturated heterocycles. The molecule has 0 radical (unpaired) electrons. The molecular weight excluding hydrogens is 310 g/mol. The number of hydrogen-bond acceptors (Lipinski definition) is 4. The number of para-hydroxylation sites is 1. The minimum Gasteiger partial charge on any atom is -0.439 e. The third kappa shape index (κ3) is 3.95. The van der Waals surface area contributed by atoms with Gasteiger partial charge in [-0.1, -0.05) is 39.0 Å². The first-order valence-corrected chi connectivity index (χ1v) is 8.67. The van der Waals surface area contributed by atoms with Gasteiger partial charge in [-0.05, 0) is 17.5 Å². The summed E-state index contributed by atoms with van der Waals surface area (Å²) in [5, 5.41) is 0. The van der Waals surface area contributed by atoms with Gasteiger partial charge in [-0.3, -0.25) is 0 Å². The molecule has 0 atom stereocenters. The fourth-order valence-electron chi connectivity index (χ4n) is 1.86. The number of nitrogens with zero attached hydrogens (tertiary/aromatic N) is 1. The molecule has 2 rings (SSSR count). The molecule has 0 spiro atoms. The van der Waals surface area contributed by atoms with Crippen molar-refractivity contribution in [2.75, 3.05) is 0 Å². The third-order valence-electron chi connectivity index (χ3n) is 2.90. The first kappa shape index (κ1) is 15.8. The van der Waals surface area contributed by atoms with Crippen LogP contribution in [0.1, 0.15) is 26.3 Å². The van der Waals surface area contributed by atoms with Crippen LogP contribution in [0.4, 0.5) is 0 Å². The van der Waals surface area contributed by atoms with Crippen LogP contribution in [-0.4, -0.2) is 13.4 Å². The van der Waals surface area contributed by atoms with E-state index in [1.807, 2.05) is 24.3 Å². The number of halogens is 1. The maximum absolute atomic E-state index is 11.2. The van der Waals surface area contributed by atoms with Crippen molar-refractivity contribution < 1.29 is 13.2 Å². The Morgan fingerprint density at radius 2 is 1.76 bits per heavy atom. The molecule has 1 aromatic heterocycles. The summed E-state index contributed by atoms with van der Waals surface area (Å²) in [6, 6.07) is 10.5. The zero-order valence-electron chi connectivity index (χ0n) is 12.0. The molecule has 2 aromatic rings. The van der Waals surface area contributed by atoms with Crippen molar-refractivity contribution in [3.63, 3.8) is 0 Å². The van der Waals surface area contributed by atoms with Crippen molar-refractivity contribution in [1.82, 2.24) is 4.98 Å². The van der Waals surface area contributed by atoms with Gasteiger partial charge in [-0.15, -0.1) is 0 Å². The minimum atomic E-state index is -3.77. The van der Waals surface area contributed by atoms with Crippen molar-refractivity contribution >= 4 is 19.7 Å². The zero-order chi connectivity index (χ0) is 15.7. The maximum atomic E-state index is 11.2. The average Bonchev–Trinajstić information content (AvgIpc) is 2.37. The van der Waals surface area contributed by atoms with Gasteiger partial charge in [0.25, 0.3) is 9.05 Å². The molecular formula is C15H16ClNO3S. The van der Waals surface area contributed by atoms with Crippen LogP contribution < -0.4 is 4.74 Å². The lowest BCUT2D eigenvalue weighted by Gasteiger charge is -2.22. The zero-order valence-corrected chi connectivity index (χ0v) is 13.6. The summed E-state index contributed by atoms with van der Waals surface area (Å²) in [5.74, 6) is 1.01. The molecule has 0 bridgehead atoms. The van der Waals surface area contributed by atoms with Gasteiger partial charge in [0, 0.05) is 22.3 Å². The first-order chi connectivity index (χ1) is 9.68. The smallest absolute Gasteiger partial charge is 0.262 e. The predicted octanol–water partition coefficient (Wildman–Crippen LogP) is 4.10. The number of ether oxygens (including phenoxy) is 1. The topological polar surface area (TPSA) is 56.3 Å². The maximum Gasteiger partial charge on any atom is 0.262 e. The number of benzene rings is 1. The minimum absolute atomic E-state index is 0.0550. The summed E-state index contributed by atoms with van der Waals surface area (Å²) >= 11 is 0. The van der Waals surface area contributed by atoms with E-state index in [0.29, 0.717) is 11.6 Å². The summed E-state index contributed by atoms with van der Waals surface area (Å²) in [5.41, 5.74) is 0.969. The van der Waals surface area contributed by atoms with Crippen LogP contribution in [0.25, 0.3) is 0 Å². The molecule has 0 aliphatic carbocycles. The van der Waals surface area contributed by atoms with Gasteiger partial charge in [0.1, 0.15) is 10.6 Å². The van der Waals surface area contributed by atoms with Crippen LogP contribution in [-0.2, 0) is 14.5 Å². The number of rotatable bonds is 3. The normalized spacial score (nSPS) is 12.2. The molecule has 0 N–H and O–H groups in total. The lowest BCUT2D eigenvalue weighted by atomic mass is 9.86. The molecule has 21 heavy (non-hydrogen) atoms. The van der Waals surface area contributed by atoms with E-state index in [1.165, 1.54) is 18.3 Å². The Labute approximate surface area is 129 Å². The molecule has 0 amide bonds. The van der Waals surface area contributed by atoms with Gasteiger partial charge in [-0.25, -0.2) is 13.4 Å². The Morgan fingerprint density at radius 3 is 2.29 bits per heavy atom. The highest BCUT2D eigenvalue weighted by molar-refractivity contribution is 8.13. The molecule has 112 valence electrons. The number of pyridine rings is 1. The second kappa shape index (κ2) is 5.66. The van der Waals surface area contributed by atoms with Crippen LogP contribution in [0.2, 0.25) is 0 Å². The van der Waals surface area contributed by atoms with E-state index in [4.69, 9.17) is 15.4 Å². The lowest BCUT2D eigenvalue weighted by molar-refractivity contribution is 0.439. The highest BCUT2D eigenvalue weighted by Gasteiger charge is 2.19. The van der Waals surface area contributed by atoms with Gasteiger partial charge >= 0.3 is 0 Å². The Bertz CT molecular complexity index is 734. The Balaban J connectivity index is 2.31. The van der Waals surface area contributed by atoms with Crippen LogP contribution >= 0.6 is 10.7 Å². The van der Waals surface area contributed by atoms with Gasteiger partial charge in [0.05, 0.1) is 6.20 Å². The molecule has 0 aliphatic heterocycles. The van der Waals surface area contributed by atoms with Gasteiger partial charge < -0.3 is 4.74 Å². The highest BCUT2D eigenvalue weighted by atomic mass is 35.7. The van der Waals surface area contributed by atoms with Crippen LogP contribution in [0.15, 0.2) is 47.5 Å². The molecule has 1 aromatic carbocycles. The molecule has 0 aliphatic rings. The van der Waals surface area contributed by atoms with E-state index >= 15 is 0 Å². The summed E-state index contributed by atoms with van der Waals surface area (Å²) < 4.78 is 28.1. The van der Waals surface area contributed by atoms with Gasteiger partial charge in [0.15, 0.2) is 0 Å². The molecule has 0 unspecified atom stereocenters. The highest BCUT2D eigenvalue weighted by Crippen LogP contribution is 2.33. The summed E-state index contributed by atoms with van der Waals surface area (Å²) in [7, 11) is 1.48. The quantitative estimate of drug-likeness (QED) is 0.797. The van der Waals surface area contributed by atoms with Crippen molar-refractivity contribution in [2.24, 2.45) is 0 Å². The lowest BCUT2D eigenvalue weighted by Crippen LogP contribution is -2.12. The molecule has 0 saturated carbocycles. The van der Waals surface area contributed by atoms with E-state index < -0.39 is 9.05 Å². The molecule has 6 heteroatoms. The predicted molar refractivity (Wildman–Crippen MR) is 82.5 cm³/mol. The van der Waals surface area contributed by atoms with Crippen LogP contribution in [0.5, 0.6) is 11.6 Å². The SMILES string of the molecule is CC(C)(C)c1ccccc1Oc1ccc(S(=O)(=O)Cl)cn1. The average molecular weight is 326 g/mol.